The second-order valence-electron chi connectivity index (χ2n) is 8.26. The van der Waals surface area contributed by atoms with Crippen LogP contribution in [0.5, 0.6) is 0 Å². The molecule has 1 saturated heterocycles. The Bertz CT molecular complexity index is 1210. The van der Waals surface area contributed by atoms with Crippen LogP contribution in [0.4, 0.5) is 14.5 Å². The topological polar surface area (TPSA) is 33.5 Å². The fourth-order valence-corrected chi connectivity index (χ4v) is 4.18. The summed E-state index contributed by atoms with van der Waals surface area (Å²) < 4.78 is 30.7. The number of hydrogen-bond acceptors (Lipinski definition) is 4. The van der Waals surface area contributed by atoms with Crippen molar-refractivity contribution in [2.45, 2.75) is 20.0 Å². The first-order valence-electron chi connectivity index (χ1n) is 10.2. The normalized spacial score (nSPS) is 15.7. The molecule has 0 amide bonds. The quantitative estimate of drug-likeness (QED) is 0.508. The van der Waals surface area contributed by atoms with Gasteiger partial charge in [-0.1, -0.05) is 0 Å². The Morgan fingerprint density at radius 1 is 1.00 bits per heavy atom. The Kier molecular flexibility index (Phi) is 4.50. The number of hydrogen-bond donors (Lipinski definition) is 0. The van der Waals surface area contributed by atoms with Crippen LogP contribution in [0.15, 0.2) is 36.5 Å². The largest absolute Gasteiger partial charge is 0.411 e. The first-order chi connectivity index (χ1) is 14.4. The molecule has 0 spiro atoms. The Morgan fingerprint density at radius 2 is 1.77 bits per heavy atom. The molecule has 7 heteroatoms. The molecule has 5 rings (SSSR count). The predicted octanol–water partition coefficient (Wildman–Crippen LogP) is 4.16. The predicted molar refractivity (Wildman–Crippen MR) is 115 cm³/mol. The van der Waals surface area contributed by atoms with Gasteiger partial charge >= 0.3 is 0 Å². The number of halogens is 2. The Morgan fingerprint density at radius 3 is 2.50 bits per heavy atom. The molecule has 0 unspecified atom stereocenters. The average molecular weight is 410 g/mol. The van der Waals surface area contributed by atoms with Crippen molar-refractivity contribution in [1.29, 1.82) is 0 Å². The van der Waals surface area contributed by atoms with Crippen LogP contribution in [0.1, 0.15) is 13.8 Å². The van der Waals surface area contributed by atoms with Crippen LogP contribution in [-0.4, -0.2) is 53.9 Å². The molecule has 0 aromatic heterocycles. The highest BCUT2D eigenvalue weighted by molar-refractivity contribution is 6.06. The van der Waals surface area contributed by atoms with Gasteiger partial charge in [0.05, 0.1) is 28.6 Å². The minimum Gasteiger partial charge on any atom is -0.411 e. The van der Waals surface area contributed by atoms with Crippen molar-refractivity contribution in [3.8, 4) is 11.3 Å². The Labute approximate surface area is 173 Å². The molecule has 156 valence electrons. The summed E-state index contributed by atoms with van der Waals surface area (Å²) in [7, 11) is 2.07. The lowest BCUT2D eigenvalue weighted by Crippen LogP contribution is -2.44. The van der Waals surface area contributed by atoms with Crippen molar-refractivity contribution >= 4 is 27.5 Å². The van der Waals surface area contributed by atoms with E-state index >= 15 is 4.39 Å². The highest BCUT2D eigenvalue weighted by atomic mass is 19.1. The van der Waals surface area contributed by atoms with Crippen molar-refractivity contribution in [3.05, 3.63) is 48.2 Å². The molecule has 0 saturated carbocycles. The standard InChI is InChI=1S/C23H24F2N4O/c1-14(2)30-29-13-18-16-5-4-15(24)10-20(16)26-23(18)17-11-19(25)22(12-21(17)29)28-8-6-27(3)7-9-28/h4-5,10-14H,6-9H2,1-3H3. The third kappa shape index (κ3) is 3.13. The number of aromatic nitrogens is 2. The summed E-state index contributed by atoms with van der Waals surface area (Å²) in [5.41, 5.74) is 3.33. The van der Waals surface area contributed by atoms with Gasteiger partial charge in [0, 0.05) is 48.6 Å². The van der Waals surface area contributed by atoms with Gasteiger partial charge in [0.15, 0.2) is 0 Å². The van der Waals surface area contributed by atoms with Gasteiger partial charge in [-0.3, -0.25) is 0 Å². The van der Waals surface area contributed by atoms with E-state index in [9.17, 15) is 4.39 Å². The summed E-state index contributed by atoms with van der Waals surface area (Å²) in [5, 5.41) is 1.47. The minimum absolute atomic E-state index is 0.0700. The summed E-state index contributed by atoms with van der Waals surface area (Å²) >= 11 is 0. The zero-order chi connectivity index (χ0) is 21.0. The van der Waals surface area contributed by atoms with Gasteiger partial charge in [-0.05, 0) is 45.2 Å². The van der Waals surface area contributed by atoms with Gasteiger partial charge in [-0.15, -0.1) is 0 Å². The lowest BCUT2D eigenvalue weighted by molar-refractivity contribution is 0.0677. The minimum atomic E-state index is -0.343. The molecule has 3 heterocycles. The maximum Gasteiger partial charge on any atom is 0.147 e. The molecular formula is C23H24F2N4O. The van der Waals surface area contributed by atoms with E-state index < -0.39 is 0 Å². The smallest absolute Gasteiger partial charge is 0.147 e. The molecule has 2 aromatic carbocycles. The van der Waals surface area contributed by atoms with E-state index in [1.165, 1.54) is 18.2 Å². The summed E-state index contributed by atoms with van der Waals surface area (Å²) in [4.78, 5) is 15.0. The van der Waals surface area contributed by atoms with Gasteiger partial charge in [0.1, 0.15) is 17.7 Å². The average Bonchev–Trinajstić information content (AvgIpc) is 3.05. The first kappa shape index (κ1) is 19.1. The van der Waals surface area contributed by atoms with Gasteiger partial charge in [-0.2, -0.15) is 4.73 Å². The monoisotopic (exact) mass is 410 g/mol. The molecule has 1 fully saturated rings. The fraction of sp³-hybridized carbons (Fsp3) is 0.348. The summed E-state index contributed by atoms with van der Waals surface area (Å²) in [5.74, 6) is -0.627. The van der Waals surface area contributed by atoms with E-state index in [4.69, 9.17) is 4.84 Å². The zero-order valence-corrected chi connectivity index (χ0v) is 17.3. The summed E-state index contributed by atoms with van der Waals surface area (Å²) in [6.45, 7) is 7.21. The molecule has 5 nitrogen and oxygen atoms in total. The molecule has 2 aromatic rings. The van der Waals surface area contributed by atoms with Crippen molar-refractivity contribution in [1.82, 2.24) is 14.6 Å². The zero-order valence-electron chi connectivity index (χ0n) is 17.3. The Balaban J connectivity index is 1.76. The SMILES string of the molecule is CC(C)On1cc2c3ccc(F)cc3nc-2c2cc(F)c(N3CCN(C)CC3)cc21. The summed E-state index contributed by atoms with van der Waals surface area (Å²) in [6, 6.07) is 7.91. The van der Waals surface area contributed by atoms with Crippen molar-refractivity contribution in [2.24, 2.45) is 0 Å². The number of piperazine rings is 1. The lowest BCUT2D eigenvalue weighted by atomic mass is 10.0. The van der Waals surface area contributed by atoms with E-state index in [1.54, 1.807) is 10.8 Å². The van der Waals surface area contributed by atoms with Gasteiger partial charge < -0.3 is 14.6 Å². The first-order valence-corrected chi connectivity index (χ1v) is 10.2. The van der Waals surface area contributed by atoms with Gasteiger partial charge in [-0.25, -0.2) is 13.8 Å². The second kappa shape index (κ2) is 7.09. The number of rotatable bonds is 3. The molecule has 3 aliphatic heterocycles. The number of anilines is 1. The highest BCUT2D eigenvalue weighted by Gasteiger charge is 2.23. The number of fused-ring (bicyclic) bond motifs is 5. The van der Waals surface area contributed by atoms with Crippen LogP contribution in [0, 0.1) is 11.6 Å². The lowest BCUT2D eigenvalue weighted by Gasteiger charge is -2.34. The Hall–Kier alpha value is -2.93. The third-order valence-corrected chi connectivity index (χ3v) is 5.71. The number of pyridine rings is 1. The van der Waals surface area contributed by atoms with Crippen molar-refractivity contribution < 1.29 is 13.6 Å². The molecular weight excluding hydrogens is 386 g/mol. The number of nitrogens with zero attached hydrogens (tertiary/aromatic N) is 4. The fourth-order valence-electron chi connectivity index (χ4n) is 4.18. The number of benzene rings is 2. The molecule has 0 radical (unpaired) electrons. The highest BCUT2D eigenvalue weighted by Crippen LogP contribution is 2.38. The summed E-state index contributed by atoms with van der Waals surface area (Å²) in [6.07, 6.45) is 1.80. The number of likely N-dealkylation sites (N-methyl/N-ethyl adjacent to an activating group) is 1. The van der Waals surface area contributed by atoms with Crippen molar-refractivity contribution in [2.75, 3.05) is 38.1 Å². The molecule has 3 aliphatic rings. The third-order valence-electron chi connectivity index (χ3n) is 5.71. The molecule has 0 N–H and O–H groups in total. The van der Waals surface area contributed by atoms with E-state index in [2.05, 4.69) is 21.8 Å². The van der Waals surface area contributed by atoms with Crippen LogP contribution >= 0.6 is 0 Å². The molecule has 30 heavy (non-hydrogen) atoms. The van der Waals surface area contributed by atoms with E-state index in [-0.39, 0.29) is 17.7 Å². The maximum absolute atomic E-state index is 15.2. The van der Waals surface area contributed by atoms with Gasteiger partial charge in [0.2, 0.25) is 0 Å². The van der Waals surface area contributed by atoms with Crippen LogP contribution in [0.3, 0.4) is 0 Å². The van der Waals surface area contributed by atoms with Crippen LogP contribution in [0.2, 0.25) is 0 Å². The van der Waals surface area contributed by atoms with Gasteiger partial charge in [0.25, 0.3) is 0 Å². The van der Waals surface area contributed by atoms with Crippen LogP contribution in [0.25, 0.3) is 33.1 Å². The van der Waals surface area contributed by atoms with E-state index in [1.807, 2.05) is 26.1 Å². The van der Waals surface area contributed by atoms with Crippen LogP contribution in [-0.2, 0) is 0 Å². The maximum atomic E-state index is 15.2. The second-order valence-corrected chi connectivity index (χ2v) is 8.26. The molecule has 0 atom stereocenters. The van der Waals surface area contributed by atoms with Crippen molar-refractivity contribution in [3.63, 3.8) is 0 Å². The van der Waals surface area contributed by atoms with E-state index in [0.717, 1.165) is 42.6 Å². The molecule has 0 bridgehead atoms. The van der Waals surface area contributed by atoms with E-state index in [0.29, 0.717) is 22.3 Å². The molecule has 0 aliphatic carbocycles. The van der Waals surface area contributed by atoms with Crippen LogP contribution < -0.4 is 9.74 Å².